The maximum absolute atomic E-state index is 14.1. The molecular weight excluding hydrogens is 909 g/mol. The lowest BCUT2D eigenvalue weighted by molar-refractivity contribution is -0.136. The van der Waals surface area contributed by atoms with E-state index in [1.54, 1.807) is 52.8 Å². The quantitative estimate of drug-likeness (QED) is 0.164. The minimum absolute atomic E-state index is 0.0302. The summed E-state index contributed by atoms with van der Waals surface area (Å²) in [5, 5.41) is 16.2. The maximum atomic E-state index is 14.1. The summed E-state index contributed by atoms with van der Waals surface area (Å²) in [6, 6.07) is 11.8. The van der Waals surface area contributed by atoms with Gasteiger partial charge in [-0.15, -0.1) is 11.3 Å². The number of aliphatic hydroxyl groups excluding tert-OH is 1. The van der Waals surface area contributed by atoms with Gasteiger partial charge in [0.15, 0.2) is 0 Å². The predicted octanol–water partition coefficient (Wildman–Crippen LogP) is 5.19. The van der Waals surface area contributed by atoms with Crippen molar-refractivity contribution in [1.82, 2.24) is 29.7 Å². The molecule has 18 heteroatoms. The molecule has 0 spiro atoms. The molecule has 3 N–H and O–H groups in total. The molecule has 1 aliphatic carbocycles. The van der Waals surface area contributed by atoms with Crippen LogP contribution in [0.3, 0.4) is 0 Å². The summed E-state index contributed by atoms with van der Waals surface area (Å²) in [7, 11) is 0. The van der Waals surface area contributed by atoms with Gasteiger partial charge in [0.1, 0.15) is 23.4 Å². The Bertz CT molecular complexity index is 3160. The number of piperazine rings is 1. The molecule has 0 unspecified atom stereocenters. The molecule has 0 saturated carbocycles. The lowest BCUT2D eigenvalue weighted by atomic mass is 9.92. The molecule has 362 valence electrons. The van der Waals surface area contributed by atoms with Crippen LogP contribution in [0.2, 0.25) is 0 Å². The van der Waals surface area contributed by atoms with Crippen LogP contribution in [-0.4, -0.2) is 116 Å². The SMILES string of the molecule is [2H]C([2H])([2H])n1cc(-c2ccnc(N3CCc4c(sc5c4CCCC5)C3=O)c2CO)cc(Nc2ccc(N3CCN([C@H]4CCN(c5ccc6c(c5)C(=O)N([C@H]5CCC(=O)NC5=O)C6=O)[C@@H](C)C4)C[C@@H]3C)cn2)c1=O. The van der Waals surface area contributed by atoms with Gasteiger partial charge in [0.25, 0.3) is 23.3 Å². The minimum Gasteiger partial charge on any atom is -0.392 e. The molecule has 5 aromatic rings. The van der Waals surface area contributed by atoms with E-state index in [0.717, 1.165) is 91.4 Å². The number of pyridine rings is 3. The van der Waals surface area contributed by atoms with Crippen LogP contribution in [0.5, 0.6) is 0 Å². The highest BCUT2D eigenvalue weighted by molar-refractivity contribution is 7.14. The van der Waals surface area contributed by atoms with Gasteiger partial charge in [-0.05, 0) is 124 Å². The lowest BCUT2D eigenvalue weighted by Crippen LogP contribution is -2.58. The predicted molar refractivity (Wildman–Crippen MR) is 266 cm³/mol. The van der Waals surface area contributed by atoms with Crippen molar-refractivity contribution in [2.24, 2.45) is 6.98 Å². The van der Waals surface area contributed by atoms with Crippen LogP contribution in [0.4, 0.5) is 28.7 Å². The second-order valence-corrected chi connectivity index (χ2v) is 20.4. The number of aliphatic hydroxyl groups is 1. The number of hydrogen-bond acceptors (Lipinski definition) is 14. The van der Waals surface area contributed by atoms with E-state index in [-0.39, 0.29) is 47.6 Å². The number of nitrogens with zero attached hydrogens (tertiary/aromatic N) is 8. The fourth-order valence-corrected chi connectivity index (χ4v) is 13.0. The molecular formula is C52H56N10O7S. The van der Waals surface area contributed by atoms with Gasteiger partial charge >= 0.3 is 0 Å². The average Bonchev–Trinajstić information content (AvgIpc) is 3.88. The molecule has 4 atom stereocenters. The Morgan fingerprint density at radius 2 is 1.63 bits per heavy atom. The van der Waals surface area contributed by atoms with Crippen LogP contribution in [0, 0.1) is 0 Å². The molecule has 11 rings (SSSR count). The standard InChI is InChI=1S/C52H56N10O7S/c1-29-22-32(15-18-59(29)33-8-10-38-39(24-33)50(67)62(49(38)66)42-11-13-45(64)56-48(42)65)58-20-21-60(30(2)26-58)34-9-12-44(54-25-34)55-41-23-31(27-57(3)51(41)68)35-14-17-53-47(40(35)28-63)61-19-16-37-36-6-4-5-7-43(36)70-46(37)52(61)69/h8-10,12,14,17,23-25,27,29-30,32,42,63H,4-7,11,13,15-16,18-22,26,28H2,1-3H3,(H,54,55)(H,56,64,65)/t29-,30-,32-,42-/m0/s1/i3D3. The largest absolute Gasteiger partial charge is 0.392 e. The zero-order valence-corrected chi connectivity index (χ0v) is 39.9. The van der Waals surface area contributed by atoms with Crippen LogP contribution < -0.4 is 30.9 Å². The summed E-state index contributed by atoms with van der Waals surface area (Å²) in [5.74, 6) is -1.62. The highest BCUT2D eigenvalue weighted by Gasteiger charge is 2.45. The zero-order chi connectivity index (χ0) is 51.0. The monoisotopic (exact) mass is 967 g/mol. The highest BCUT2D eigenvalue weighted by atomic mass is 32.1. The number of aromatic nitrogens is 3. The highest BCUT2D eigenvalue weighted by Crippen LogP contribution is 2.41. The number of rotatable bonds is 9. The Hall–Kier alpha value is -6.76. The number of nitrogens with one attached hydrogen (secondary N) is 2. The molecule has 3 saturated heterocycles. The van der Waals surface area contributed by atoms with E-state index in [4.69, 9.17) is 4.11 Å². The van der Waals surface area contributed by atoms with Crippen molar-refractivity contribution in [3.63, 3.8) is 0 Å². The molecule has 5 amide bonds. The second kappa shape index (κ2) is 18.2. The number of aryl methyl sites for hydroxylation is 2. The fourth-order valence-electron chi connectivity index (χ4n) is 11.6. The molecule has 70 heavy (non-hydrogen) atoms. The maximum Gasteiger partial charge on any atom is 0.274 e. The Morgan fingerprint density at radius 1 is 0.814 bits per heavy atom. The minimum atomic E-state index is -2.83. The lowest BCUT2D eigenvalue weighted by Gasteiger charge is -2.48. The third kappa shape index (κ3) is 7.95. The van der Waals surface area contributed by atoms with Gasteiger partial charge in [0, 0.05) is 102 Å². The number of carbonyl (C=O) groups is 5. The number of amides is 5. The van der Waals surface area contributed by atoms with Crippen molar-refractivity contribution in [2.45, 2.75) is 102 Å². The van der Waals surface area contributed by atoms with Crippen molar-refractivity contribution >= 4 is 69.6 Å². The number of piperidine rings is 2. The number of anilines is 5. The first-order valence-electron chi connectivity index (χ1n) is 25.8. The van der Waals surface area contributed by atoms with E-state index in [1.807, 2.05) is 12.1 Å². The molecule has 4 aromatic heterocycles. The number of fused-ring (bicyclic) bond motifs is 4. The molecule has 0 bridgehead atoms. The summed E-state index contributed by atoms with van der Waals surface area (Å²) < 4.78 is 25.5. The van der Waals surface area contributed by atoms with Crippen molar-refractivity contribution in [3.05, 3.63) is 109 Å². The van der Waals surface area contributed by atoms with E-state index in [0.29, 0.717) is 51.9 Å². The van der Waals surface area contributed by atoms with Gasteiger partial charge in [0.05, 0.1) is 34.5 Å². The normalized spacial score (nSPS) is 23.6. The Morgan fingerprint density at radius 3 is 2.40 bits per heavy atom. The molecule has 0 radical (unpaired) electrons. The zero-order valence-electron chi connectivity index (χ0n) is 42.1. The number of thiophene rings is 1. The molecule has 9 heterocycles. The van der Waals surface area contributed by atoms with Gasteiger partial charge in [0.2, 0.25) is 11.8 Å². The Labute approximate surface area is 413 Å². The molecule has 6 aliphatic rings. The van der Waals surface area contributed by atoms with Gasteiger partial charge in [-0.25, -0.2) is 9.97 Å². The fraction of sp³-hybridized carbons (Fsp3) is 0.423. The van der Waals surface area contributed by atoms with E-state index in [1.165, 1.54) is 22.8 Å². The summed E-state index contributed by atoms with van der Waals surface area (Å²) >= 11 is 1.56. The summed E-state index contributed by atoms with van der Waals surface area (Å²) in [6.45, 7) is 4.57. The van der Waals surface area contributed by atoms with E-state index in [2.05, 4.69) is 49.1 Å². The van der Waals surface area contributed by atoms with E-state index in [9.17, 15) is 33.9 Å². The Balaban J connectivity index is 0.752. The summed E-state index contributed by atoms with van der Waals surface area (Å²) in [6.07, 6.45) is 11.3. The second-order valence-electron chi connectivity index (χ2n) is 19.3. The molecule has 3 fully saturated rings. The van der Waals surface area contributed by atoms with E-state index >= 15 is 0 Å². The van der Waals surface area contributed by atoms with Crippen LogP contribution in [-0.2, 0) is 42.4 Å². The molecule has 1 aromatic carbocycles. The van der Waals surface area contributed by atoms with Gasteiger partial charge < -0.3 is 24.8 Å². The van der Waals surface area contributed by atoms with Crippen LogP contribution in [0.1, 0.15) is 108 Å². The van der Waals surface area contributed by atoms with Crippen LogP contribution in [0.15, 0.2) is 65.8 Å². The van der Waals surface area contributed by atoms with Crippen molar-refractivity contribution in [3.8, 4) is 11.1 Å². The van der Waals surface area contributed by atoms with Crippen molar-refractivity contribution in [2.75, 3.05) is 52.7 Å². The first kappa shape index (κ1) is 42.1. The van der Waals surface area contributed by atoms with Gasteiger partial charge in [-0.3, -0.25) is 48.8 Å². The summed E-state index contributed by atoms with van der Waals surface area (Å²) in [5.41, 5.74) is 5.02. The first-order chi connectivity index (χ1) is 35.1. The average molecular weight is 968 g/mol. The Kier molecular flexibility index (Phi) is 11.0. The topological polar surface area (TPSA) is 194 Å². The molecule has 5 aliphatic heterocycles. The van der Waals surface area contributed by atoms with Crippen molar-refractivity contribution in [1.29, 1.82) is 0 Å². The van der Waals surface area contributed by atoms with Gasteiger partial charge in [-0.1, -0.05) is 0 Å². The number of hydrogen-bond donors (Lipinski definition) is 3. The van der Waals surface area contributed by atoms with Gasteiger partial charge in [-0.2, -0.15) is 0 Å². The number of imide groups is 2. The molecule has 17 nitrogen and oxygen atoms in total. The smallest absolute Gasteiger partial charge is 0.274 e. The number of carbonyl (C=O) groups excluding carboxylic acids is 5. The van der Waals surface area contributed by atoms with Crippen molar-refractivity contribution < 1.29 is 33.2 Å². The van der Waals surface area contributed by atoms with Crippen LogP contribution >= 0.6 is 11.3 Å². The summed E-state index contributed by atoms with van der Waals surface area (Å²) in [4.78, 5) is 100.0. The van der Waals surface area contributed by atoms with Crippen LogP contribution in [0.25, 0.3) is 11.1 Å². The third-order valence-corrected chi connectivity index (χ3v) is 16.5. The first-order valence-corrected chi connectivity index (χ1v) is 25.1. The third-order valence-electron chi connectivity index (χ3n) is 15.2. The number of benzene rings is 1. The van der Waals surface area contributed by atoms with E-state index < -0.39 is 48.8 Å².